The highest BCUT2D eigenvalue weighted by Gasteiger charge is 2.33. The van der Waals surface area contributed by atoms with Crippen molar-refractivity contribution in [2.75, 3.05) is 4.90 Å². The number of hydrogen-bond acceptors (Lipinski definition) is 7. The molecule has 200 valence electrons. The Morgan fingerprint density at radius 2 is 1.92 bits per heavy atom. The second-order valence-electron chi connectivity index (χ2n) is 11.2. The number of nitrogens with zero attached hydrogens (tertiary/aromatic N) is 4. The number of nitrogens with one attached hydrogen (secondary N) is 1. The molecule has 1 N–H and O–H groups in total. The number of ether oxygens (including phenoxy) is 2. The number of amides is 2. The Bertz CT molecular complexity index is 1260. The fourth-order valence-corrected chi connectivity index (χ4v) is 5.33. The van der Waals surface area contributed by atoms with Gasteiger partial charge in [-0.25, -0.2) is 14.1 Å². The molecule has 37 heavy (non-hydrogen) atoms. The van der Waals surface area contributed by atoms with E-state index in [2.05, 4.69) is 15.4 Å². The molecule has 0 radical (unpaired) electrons. The Hall–Kier alpha value is -2.85. The molecule has 3 aromatic heterocycles. The minimum atomic E-state index is -0.685. The molecule has 0 aromatic carbocycles. The molecule has 0 saturated heterocycles. The lowest BCUT2D eigenvalue weighted by molar-refractivity contribution is 0.0499. The average molecular weight is 548 g/mol. The SMILES string of the molecule is CC(C)(C)OC(=O)N[C@H]1CCC[C@@H]1c1cc2c(N(Cc3cccs3)C(=O)OC(C)(C)C)nc(Cl)nn2c1. The fraction of sp³-hybridized carbons (Fsp3) is 0.538. The van der Waals surface area contributed by atoms with Gasteiger partial charge in [-0.2, -0.15) is 4.98 Å². The summed E-state index contributed by atoms with van der Waals surface area (Å²) >= 11 is 7.86. The first kappa shape index (κ1) is 27.2. The van der Waals surface area contributed by atoms with Gasteiger partial charge in [-0.3, -0.25) is 4.90 Å². The molecule has 3 heterocycles. The van der Waals surface area contributed by atoms with Crippen LogP contribution in [0.4, 0.5) is 15.4 Å². The molecule has 0 spiro atoms. The van der Waals surface area contributed by atoms with E-state index in [1.54, 1.807) is 15.9 Å². The lowest BCUT2D eigenvalue weighted by Gasteiger charge is -2.27. The molecular formula is C26H34ClN5O4S. The van der Waals surface area contributed by atoms with E-state index < -0.39 is 23.4 Å². The van der Waals surface area contributed by atoms with E-state index in [1.165, 1.54) is 4.90 Å². The van der Waals surface area contributed by atoms with Crippen LogP contribution in [0, 0.1) is 0 Å². The molecule has 0 aliphatic heterocycles. The van der Waals surface area contributed by atoms with E-state index in [0.29, 0.717) is 11.3 Å². The molecule has 4 rings (SSSR count). The molecule has 9 nitrogen and oxygen atoms in total. The molecular weight excluding hydrogens is 514 g/mol. The highest BCUT2D eigenvalue weighted by Crippen LogP contribution is 2.37. The third-order valence-electron chi connectivity index (χ3n) is 5.85. The van der Waals surface area contributed by atoms with Crippen LogP contribution in [0.2, 0.25) is 5.28 Å². The average Bonchev–Trinajstić information content (AvgIpc) is 3.49. The Morgan fingerprint density at radius 3 is 2.57 bits per heavy atom. The van der Waals surface area contributed by atoms with Gasteiger partial charge >= 0.3 is 12.2 Å². The van der Waals surface area contributed by atoms with E-state index in [9.17, 15) is 9.59 Å². The Kier molecular flexibility index (Phi) is 7.71. The zero-order chi connectivity index (χ0) is 27.0. The maximum absolute atomic E-state index is 13.3. The highest BCUT2D eigenvalue weighted by molar-refractivity contribution is 7.09. The molecule has 3 aromatic rings. The van der Waals surface area contributed by atoms with Gasteiger partial charge in [-0.15, -0.1) is 16.4 Å². The molecule has 2 atom stereocenters. The van der Waals surface area contributed by atoms with Gasteiger partial charge in [-0.1, -0.05) is 12.5 Å². The highest BCUT2D eigenvalue weighted by atomic mass is 35.5. The predicted molar refractivity (Wildman–Crippen MR) is 144 cm³/mol. The minimum absolute atomic E-state index is 0.0132. The molecule has 2 amide bonds. The number of rotatable bonds is 5. The van der Waals surface area contributed by atoms with E-state index >= 15 is 0 Å². The van der Waals surface area contributed by atoms with Crippen molar-refractivity contribution in [3.05, 3.63) is 45.5 Å². The number of fused-ring (bicyclic) bond motifs is 1. The van der Waals surface area contributed by atoms with Crippen LogP contribution in [0.5, 0.6) is 0 Å². The summed E-state index contributed by atoms with van der Waals surface area (Å²) in [6, 6.07) is 5.78. The van der Waals surface area contributed by atoms with Crippen LogP contribution in [0.3, 0.4) is 0 Å². The van der Waals surface area contributed by atoms with Crippen molar-refractivity contribution in [2.24, 2.45) is 0 Å². The molecule has 11 heteroatoms. The third kappa shape index (κ3) is 6.93. The number of halogens is 1. The first-order valence-corrected chi connectivity index (χ1v) is 13.6. The summed E-state index contributed by atoms with van der Waals surface area (Å²) in [5.74, 6) is 0.427. The Balaban J connectivity index is 1.69. The Labute approximate surface area is 226 Å². The van der Waals surface area contributed by atoms with Crippen molar-refractivity contribution in [3.63, 3.8) is 0 Å². The second-order valence-corrected chi connectivity index (χ2v) is 12.6. The van der Waals surface area contributed by atoms with Crippen LogP contribution in [0.15, 0.2) is 29.8 Å². The van der Waals surface area contributed by atoms with Crippen LogP contribution < -0.4 is 10.2 Å². The van der Waals surface area contributed by atoms with E-state index in [0.717, 1.165) is 29.7 Å². The quantitative estimate of drug-likeness (QED) is 0.389. The van der Waals surface area contributed by atoms with Gasteiger partial charge in [0.1, 0.15) is 16.7 Å². The monoisotopic (exact) mass is 547 g/mol. The molecule has 0 bridgehead atoms. The number of hydrogen-bond donors (Lipinski definition) is 1. The van der Waals surface area contributed by atoms with Gasteiger partial charge in [0.15, 0.2) is 5.82 Å². The number of alkyl carbamates (subject to hydrolysis) is 1. The first-order valence-electron chi connectivity index (χ1n) is 12.4. The van der Waals surface area contributed by atoms with Crippen molar-refractivity contribution in [1.29, 1.82) is 0 Å². The van der Waals surface area contributed by atoms with Crippen LogP contribution in [0.25, 0.3) is 5.52 Å². The van der Waals surface area contributed by atoms with Crippen LogP contribution >= 0.6 is 22.9 Å². The molecule has 1 saturated carbocycles. The van der Waals surface area contributed by atoms with Gasteiger partial charge in [-0.05, 0) is 89.1 Å². The number of thiophene rings is 1. The van der Waals surface area contributed by atoms with E-state index in [-0.39, 0.29) is 23.8 Å². The third-order valence-corrected chi connectivity index (χ3v) is 6.87. The number of aromatic nitrogens is 3. The minimum Gasteiger partial charge on any atom is -0.444 e. The number of carbonyl (C=O) groups is 2. The maximum atomic E-state index is 13.3. The summed E-state index contributed by atoms with van der Waals surface area (Å²) in [4.78, 5) is 32.7. The smallest absolute Gasteiger partial charge is 0.416 e. The van der Waals surface area contributed by atoms with Gasteiger partial charge in [0, 0.05) is 23.0 Å². The van der Waals surface area contributed by atoms with Crippen molar-refractivity contribution < 1.29 is 19.1 Å². The topological polar surface area (TPSA) is 98.1 Å². The summed E-state index contributed by atoms with van der Waals surface area (Å²) in [5.41, 5.74) is 0.356. The molecule has 1 fully saturated rings. The summed E-state index contributed by atoms with van der Waals surface area (Å²) in [6.07, 6.45) is 3.66. The standard InChI is InChI=1S/C26H34ClN5O4S/c1-25(2,3)35-23(33)28-19-11-7-10-18(19)16-13-20-21(29-22(27)30-32(20)14-16)31(15-17-9-8-12-37-17)24(34)36-26(4,5)6/h8-9,12-14,18-19H,7,10-11,15H2,1-6H3,(H,28,33)/t18-,19+/m1/s1. The second kappa shape index (κ2) is 10.5. The number of carbonyl (C=O) groups excluding carboxylic acids is 2. The predicted octanol–water partition coefficient (Wildman–Crippen LogP) is 6.55. The van der Waals surface area contributed by atoms with Crippen LogP contribution in [0.1, 0.15) is 77.2 Å². The fourth-order valence-electron chi connectivity index (χ4n) is 4.47. The first-order chi connectivity index (χ1) is 17.3. The van der Waals surface area contributed by atoms with Gasteiger partial charge < -0.3 is 14.8 Å². The zero-order valence-corrected chi connectivity index (χ0v) is 23.7. The van der Waals surface area contributed by atoms with Crippen molar-refractivity contribution in [1.82, 2.24) is 19.9 Å². The summed E-state index contributed by atoms with van der Waals surface area (Å²) in [6.45, 7) is 11.3. The lowest BCUT2D eigenvalue weighted by Crippen LogP contribution is -2.40. The van der Waals surface area contributed by atoms with Crippen LogP contribution in [-0.2, 0) is 16.0 Å². The van der Waals surface area contributed by atoms with Crippen molar-refractivity contribution >= 4 is 46.5 Å². The molecule has 1 aliphatic rings. The Morgan fingerprint density at radius 1 is 1.19 bits per heavy atom. The largest absolute Gasteiger partial charge is 0.444 e. The van der Waals surface area contributed by atoms with Gasteiger partial charge in [0.2, 0.25) is 5.28 Å². The van der Waals surface area contributed by atoms with Crippen LogP contribution in [-0.4, -0.2) is 44.0 Å². The summed E-state index contributed by atoms with van der Waals surface area (Å²) in [5, 5.41) is 9.36. The van der Waals surface area contributed by atoms with Gasteiger partial charge in [0.05, 0.1) is 6.54 Å². The van der Waals surface area contributed by atoms with Gasteiger partial charge in [0.25, 0.3) is 0 Å². The molecule has 1 aliphatic carbocycles. The molecule has 0 unspecified atom stereocenters. The summed E-state index contributed by atoms with van der Waals surface area (Å²) in [7, 11) is 0. The maximum Gasteiger partial charge on any atom is 0.416 e. The zero-order valence-electron chi connectivity index (χ0n) is 22.1. The number of anilines is 1. The summed E-state index contributed by atoms with van der Waals surface area (Å²) < 4.78 is 12.8. The van der Waals surface area contributed by atoms with E-state index in [1.807, 2.05) is 71.3 Å². The lowest BCUT2D eigenvalue weighted by atomic mass is 9.96. The van der Waals surface area contributed by atoms with Crippen molar-refractivity contribution in [3.8, 4) is 0 Å². The normalized spacial score (nSPS) is 18.1. The van der Waals surface area contributed by atoms with Crippen molar-refractivity contribution in [2.45, 2.75) is 90.5 Å². The van der Waals surface area contributed by atoms with E-state index in [4.69, 9.17) is 21.1 Å².